The smallest absolute Gasteiger partial charge is 0.151 e. The fourth-order valence-corrected chi connectivity index (χ4v) is 2.10. The molecule has 1 fully saturated rings. The predicted octanol–water partition coefficient (Wildman–Crippen LogP) is 2.35. The summed E-state index contributed by atoms with van der Waals surface area (Å²) in [6.07, 6.45) is 6.73. The van der Waals surface area contributed by atoms with E-state index in [4.69, 9.17) is 0 Å². The zero-order valence-electron chi connectivity index (χ0n) is 8.28. The quantitative estimate of drug-likeness (QED) is 0.924. The summed E-state index contributed by atoms with van der Waals surface area (Å²) in [4.78, 5) is 4.57. The summed E-state index contributed by atoms with van der Waals surface area (Å²) < 4.78 is 3.09. The van der Waals surface area contributed by atoms with E-state index in [1.807, 2.05) is 22.7 Å². The van der Waals surface area contributed by atoms with Gasteiger partial charge in [-0.15, -0.1) is 0 Å². The molecule has 0 spiro atoms. The molecule has 0 amide bonds. The lowest BCUT2D eigenvalue weighted by Gasteiger charge is -1.96. The summed E-state index contributed by atoms with van der Waals surface area (Å²) in [7, 11) is 0. The Kier molecular flexibility index (Phi) is 2.25. The van der Waals surface area contributed by atoms with Gasteiger partial charge in [-0.05, 0) is 40.9 Å². The third-order valence-electron chi connectivity index (χ3n) is 2.63. The predicted molar refractivity (Wildman–Crippen MR) is 62.8 cm³/mol. The Balaban J connectivity index is 1.88. The standard InChI is InChI=1S/C11H12BrN3/c12-10-2-1-5-15-7-9(14-11(10)15)6-13-8-3-4-8/h1-2,5,7-8,13H,3-4,6H2. The lowest BCUT2D eigenvalue weighted by Crippen LogP contribution is -2.15. The summed E-state index contributed by atoms with van der Waals surface area (Å²) in [5.41, 5.74) is 2.10. The topological polar surface area (TPSA) is 29.3 Å². The molecular weight excluding hydrogens is 254 g/mol. The molecule has 0 aliphatic heterocycles. The van der Waals surface area contributed by atoms with Crippen molar-refractivity contribution >= 4 is 21.6 Å². The van der Waals surface area contributed by atoms with E-state index in [1.54, 1.807) is 0 Å². The minimum atomic E-state index is 0.734. The second-order valence-electron chi connectivity index (χ2n) is 3.97. The maximum atomic E-state index is 4.57. The first kappa shape index (κ1) is 9.36. The molecule has 0 radical (unpaired) electrons. The van der Waals surface area contributed by atoms with Crippen LogP contribution in [-0.4, -0.2) is 15.4 Å². The monoisotopic (exact) mass is 265 g/mol. The number of nitrogens with zero attached hydrogens (tertiary/aromatic N) is 2. The van der Waals surface area contributed by atoms with Gasteiger partial charge in [0.15, 0.2) is 5.65 Å². The number of nitrogens with one attached hydrogen (secondary N) is 1. The van der Waals surface area contributed by atoms with Gasteiger partial charge in [0.2, 0.25) is 0 Å². The summed E-state index contributed by atoms with van der Waals surface area (Å²) in [6, 6.07) is 4.76. The van der Waals surface area contributed by atoms with Crippen LogP contribution in [0.2, 0.25) is 0 Å². The zero-order valence-corrected chi connectivity index (χ0v) is 9.87. The SMILES string of the molecule is Brc1cccn2cc(CNC3CC3)nc12. The Hall–Kier alpha value is -0.870. The molecule has 1 saturated carbocycles. The maximum absolute atomic E-state index is 4.57. The number of pyridine rings is 1. The average molecular weight is 266 g/mol. The fraction of sp³-hybridized carbons (Fsp3) is 0.364. The molecule has 78 valence electrons. The van der Waals surface area contributed by atoms with Crippen molar-refractivity contribution in [2.24, 2.45) is 0 Å². The fourth-order valence-electron chi connectivity index (χ4n) is 1.65. The molecule has 4 heteroatoms. The molecule has 2 heterocycles. The van der Waals surface area contributed by atoms with Gasteiger partial charge in [-0.2, -0.15) is 0 Å². The van der Waals surface area contributed by atoms with Crippen molar-refractivity contribution in [3.63, 3.8) is 0 Å². The molecule has 2 aromatic rings. The second kappa shape index (κ2) is 3.61. The van der Waals surface area contributed by atoms with E-state index in [0.717, 1.165) is 28.4 Å². The average Bonchev–Trinajstić information content (AvgIpc) is 2.95. The van der Waals surface area contributed by atoms with Crippen molar-refractivity contribution in [1.29, 1.82) is 0 Å². The number of aromatic nitrogens is 2. The molecule has 1 N–H and O–H groups in total. The largest absolute Gasteiger partial charge is 0.308 e. The van der Waals surface area contributed by atoms with Gasteiger partial charge in [0, 0.05) is 25.0 Å². The minimum absolute atomic E-state index is 0.734. The van der Waals surface area contributed by atoms with Gasteiger partial charge in [-0.3, -0.25) is 0 Å². The van der Waals surface area contributed by atoms with Crippen LogP contribution >= 0.6 is 15.9 Å². The van der Waals surface area contributed by atoms with Crippen LogP contribution in [-0.2, 0) is 6.54 Å². The van der Waals surface area contributed by atoms with Gasteiger partial charge >= 0.3 is 0 Å². The molecular formula is C11H12BrN3. The molecule has 1 aliphatic rings. The Morgan fingerprint density at radius 1 is 1.53 bits per heavy atom. The van der Waals surface area contributed by atoms with Crippen LogP contribution in [0.25, 0.3) is 5.65 Å². The van der Waals surface area contributed by atoms with E-state index in [0.29, 0.717) is 0 Å². The van der Waals surface area contributed by atoms with Gasteiger partial charge in [-0.25, -0.2) is 4.98 Å². The highest BCUT2D eigenvalue weighted by Gasteiger charge is 2.20. The third kappa shape index (κ3) is 1.92. The summed E-state index contributed by atoms with van der Waals surface area (Å²) in [5, 5.41) is 3.46. The van der Waals surface area contributed by atoms with Gasteiger partial charge in [-0.1, -0.05) is 0 Å². The van der Waals surface area contributed by atoms with Crippen LogP contribution in [0.4, 0.5) is 0 Å². The van der Waals surface area contributed by atoms with E-state index in [-0.39, 0.29) is 0 Å². The maximum Gasteiger partial charge on any atom is 0.151 e. The highest BCUT2D eigenvalue weighted by atomic mass is 79.9. The first-order chi connectivity index (χ1) is 7.33. The number of fused-ring (bicyclic) bond motifs is 1. The van der Waals surface area contributed by atoms with Crippen LogP contribution in [0.5, 0.6) is 0 Å². The lowest BCUT2D eigenvalue weighted by molar-refractivity contribution is 0.677. The van der Waals surface area contributed by atoms with E-state index in [9.17, 15) is 0 Å². The van der Waals surface area contributed by atoms with E-state index >= 15 is 0 Å². The lowest BCUT2D eigenvalue weighted by atomic mass is 10.4. The van der Waals surface area contributed by atoms with Crippen molar-refractivity contribution in [3.05, 3.63) is 34.7 Å². The summed E-state index contributed by atoms with van der Waals surface area (Å²) in [6.45, 7) is 0.874. The van der Waals surface area contributed by atoms with Crippen LogP contribution in [0.1, 0.15) is 18.5 Å². The van der Waals surface area contributed by atoms with Crippen LogP contribution in [0, 0.1) is 0 Å². The zero-order chi connectivity index (χ0) is 10.3. The van der Waals surface area contributed by atoms with Crippen molar-refractivity contribution in [3.8, 4) is 0 Å². The number of halogens is 1. The van der Waals surface area contributed by atoms with Crippen molar-refractivity contribution < 1.29 is 0 Å². The molecule has 15 heavy (non-hydrogen) atoms. The highest BCUT2D eigenvalue weighted by molar-refractivity contribution is 9.10. The molecule has 0 atom stereocenters. The second-order valence-corrected chi connectivity index (χ2v) is 4.83. The molecule has 0 bridgehead atoms. The Morgan fingerprint density at radius 2 is 2.40 bits per heavy atom. The summed E-state index contributed by atoms with van der Waals surface area (Å²) in [5.74, 6) is 0. The molecule has 0 saturated heterocycles. The van der Waals surface area contributed by atoms with Crippen molar-refractivity contribution in [1.82, 2.24) is 14.7 Å². The van der Waals surface area contributed by atoms with E-state index in [1.165, 1.54) is 12.8 Å². The van der Waals surface area contributed by atoms with Gasteiger partial charge in [0.25, 0.3) is 0 Å². The van der Waals surface area contributed by atoms with Gasteiger partial charge < -0.3 is 9.72 Å². The number of rotatable bonds is 3. The Morgan fingerprint density at radius 3 is 3.13 bits per heavy atom. The Bertz CT molecular complexity index is 488. The van der Waals surface area contributed by atoms with Gasteiger partial charge in [0.05, 0.1) is 10.2 Å². The normalized spacial score (nSPS) is 16.1. The number of hydrogen-bond donors (Lipinski definition) is 1. The van der Waals surface area contributed by atoms with E-state index in [2.05, 4.69) is 32.4 Å². The van der Waals surface area contributed by atoms with Crippen molar-refractivity contribution in [2.45, 2.75) is 25.4 Å². The molecule has 1 aliphatic carbocycles. The molecule has 0 unspecified atom stereocenters. The van der Waals surface area contributed by atoms with Crippen LogP contribution in [0.15, 0.2) is 29.0 Å². The first-order valence-corrected chi connectivity index (χ1v) is 5.98. The van der Waals surface area contributed by atoms with Crippen LogP contribution < -0.4 is 5.32 Å². The first-order valence-electron chi connectivity index (χ1n) is 5.18. The van der Waals surface area contributed by atoms with Crippen molar-refractivity contribution in [2.75, 3.05) is 0 Å². The molecule has 3 rings (SSSR count). The van der Waals surface area contributed by atoms with E-state index < -0.39 is 0 Å². The Labute approximate surface area is 96.6 Å². The molecule has 2 aromatic heterocycles. The third-order valence-corrected chi connectivity index (χ3v) is 3.25. The minimum Gasteiger partial charge on any atom is -0.308 e. The summed E-state index contributed by atoms with van der Waals surface area (Å²) >= 11 is 3.50. The van der Waals surface area contributed by atoms with Crippen LogP contribution in [0.3, 0.4) is 0 Å². The number of imidazole rings is 1. The number of hydrogen-bond acceptors (Lipinski definition) is 2. The highest BCUT2D eigenvalue weighted by Crippen LogP contribution is 2.20. The molecule has 0 aromatic carbocycles. The van der Waals surface area contributed by atoms with Gasteiger partial charge in [0.1, 0.15) is 0 Å². The molecule has 3 nitrogen and oxygen atoms in total.